The highest BCUT2D eigenvalue weighted by Crippen LogP contribution is 2.35. The van der Waals surface area contributed by atoms with E-state index in [2.05, 4.69) is 5.32 Å². The van der Waals surface area contributed by atoms with Crippen LogP contribution in [0.1, 0.15) is 30.5 Å². The second-order valence-corrected chi connectivity index (χ2v) is 13.6. The van der Waals surface area contributed by atoms with Gasteiger partial charge in [-0.3, -0.25) is 13.9 Å². The summed E-state index contributed by atoms with van der Waals surface area (Å²) in [6, 6.07) is 24.2. The third-order valence-electron chi connectivity index (χ3n) is 7.06. The average molecular weight is 671 g/mol. The third kappa shape index (κ3) is 8.63. The number of anilines is 1. The number of rotatable bonds is 12. The van der Waals surface area contributed by atoms with Gasteiger partial charge in [0.1, 0.15) is 18.4 Å². The maximum Gasteiger partial charge on any atom is 0.264 e. The minimum Gasteiger partial charge on any atom is -0.352 e. The Bertz CT molecular complexity index is 1740. The van der Waals surface area contributed by atoms with Crippen molar-refractivity contribution in [3.63, 3.8) is 0 Å². The molecule has 0 fully saturated rings. The molecule has 0 spiro atoms. The SMILES string of the molecule is Cc1ccc(S(=O)(=O)N(CC(=O)N(Cc2ccc(F)cc2)C(Cc2ccccc2)C(=O)NC(C)C)c2cccc(Cl)c2Cl)cc1. The van der Waals surface area contributed by atoms with E-state index in [9.17, 15) is 22.4 Å². The van der Waals surface area contributed by atoms with Crippen LogP contribution in [0.5, 0.6) is 0 Å². The molecule has 1 unspecified atom stereocenters. The number of carbonyl (C=O) groups excluding carboxylic acids is 2. The van der Waals surface area contributed by atoms with Crippen molar-refractivity contribution in [3.05, 3.63) is 130 Å². The third-order valence-corrected chi connectivity index (χ3v) is 9.64. The standard InChI is InChI=1S/C34H34Cl2FN3O4S/c1-23(2)38-34(42)31(20-25-8-5-4-6-9-25)39(21-26-14-16-27(37)17-15-26)32(41)22-40(30-11-7-10-29(35)33(30)36)45(43,44)28-18-12-24(3)13-19-28/h4-19,23,31H,20-22H2,1-3H3,(H,38,42). The Kier molecular flexibility index (Phi) is 11.3. The van der Waals surface area contributed by atoms with Gasteiger partial charge >= 0.3 is 0 Å². The maximum atomic E-state index is 14.4. The maximum absolute atomic E-state index is 14.4. The van der Waals surface area contributed by atoms with Crippen molar-refractivity contribution in [3.8, 4) is 0 Å². The highest BCUT2D eigenvalue weighted by Gasteiger charge is 2.35. The lowest BCUT2D eigenvalue weighted by atomic mass is 10.0. The lowest BCUT2D eigenvalue weighted by molar-refractivity contribution is -0.140. The number of carbonyl (C=O) groups is 2. The smallest absolute Gasteiger partial charge is 0.264 e. The molecule has 0 aliphatic carbocycles. The van der Waals surface area contributed by atoms with E-state index >= 15 is 0 Å². The molecule has 4 aromatic rings. The molecule has 0 aliphatic rings. The number of amides is 2. The van der Waals surface area contributed by atoms with Gasteiger partial charge in [-0.05, 0) is 68.3 Å². The predicted molar refractivity (Wildman–Crippen MR) is 176 cm³/mol. The Labute approximate surface area is 273 Å². The van der Waals surface area contributed by atoms with E-state index in [1.54, 1.807) is 26.0 Å². The van der Waals surface area contributed by atoms with Crippen LogP contribution in [0.4, 0.5) is 10.1 Å². The molecular formula is C34H34Cl2FN3O4S. The first-order valence-corrected chi connectivity index (χ1v) is 16.5. The van der Waals surface area contributed by atoms with Gasteiger partial charge in [0, 0.05) is 19.0 Å². The zero-order valence-electron chi connectivity index (χ0n) is 25.1. The average Bonchev–Trinajstić information content (AvgIpc) is 3.00. The van der Waals surface area contributed by atoms with Crippen LogP contribution < -0.4 is 9.62 Å². The minimum absolute atomic E-state index is 0.00562. The van der Waals surface area contributed by atoms with Gasteiger partial charge in [-0.15, -0.1) is 0 Å². The van der Waals surface area contributed by atoms with Crippen molar-refractivity contribution in [2.24, 2.45) is 0 Å². The number of nitrogens with one attached hydrogen (secondary N) is 1. The molecule has 0 heterocycles. The molecule has 0 saturated carbocycles. The number of benzene rings is 4. The molecule has 1 atom stereocenters. The van der Waals surface area contributed by atoms with Crippen LogP contribution in [0.15, 0.2) is 102 Å². The summed E-state index contributed by atoms with van der Waals surface area (Å²) in [7, 11) is -4.35. The largest absolute Gasteiger partial charge is 0.352 e. The second-order valence-electron chi connectivity index (χ2n) is 10.9. The van der Waals surface area contributed by atoms with Gasteiger partial charge in [0.25, 0.3) is 10.0 Å². The Morgan fingerprint density at radius 2 is 1.49 bits per heavy atom. The van der Waals surface area contributed by atoms with E-state index in [1.165, 1.54) is 59.5 Å². The zero-order valence-corrected chi connectivity index (χ0v) is 27.4. The molecule has 0 bridgehead atoms. The Balaban J connectivity index is 1.83. The summed E-state index contributed by atoms with van der Waals surface area (Å²) >= 11 is 12.8. The fourth-order valence-electron chi connectivity index (χ4n) is 4.76. The van der Waals surface area contributed by atoms with Crippen LogP contribution in [0.3, 0.4) is 0 Å². The molecule has 0 aliphatic heterocycles. The van der Waals surface area contributed by atoms with E-state index in [1.807, 2.05) is 37.3 Å². The second kappa shape index (κ2) is 14.9. The summed E-state index contributed by atoms with van der Waals surface area (Å²) in [6.07, 6.45) is 0.148. The van der Waals surface area contributed by atoms with Crippen molar-refractivity contribution in [2.45, 2.75) is 50.7 Å². The van der Waals surface area contributed by atoms with Gasteiger partial charge in [-0.1, -0.05) is 89.4 Å². The monoisotopic (exact) mass is 669 g/mol. The molecule has 45 heavy (non-hydrogen) atoms. The van der Waals surface area contributed by atoms with E-state index in [0.29, 0.717) is 5.56 Å². The first-order chi connectivity index (χ1) is 21.4. The van der Waals surface area contributed by atoms with E-state index in [0.717, 1.165) is 15.4 Å². The molecule has 0 radical (unpaired) electrons. The van der Waals surface area contributed by atoms with Gasteiger partial charge in [0.15, 0.2) is 0 Å². The fraction of sp³-hybridized carbons (Fsp3) is 0.235. The molecule has 1 N–H and O–H groups in total. The highest BCUT2D eigenvalue weighted by molar-refractivity contribution is 7.92. The van der Waals surface area contributed by atoms with Gasteiger partial charge in [0.2, 0.25) is 11.8 Å². The van der Waals surface area contributed by atoms with Crippen LogP contribution in [0, 0.1) is 12.7 Å². The normalized spacial score (nSPS) is 12.1. The fourth-order valence-corrected chi connectivity index (χ4v) is 6.63. The first kappa shape index (κ1) is 34.0. The molecule has 4 rings (SSSR count). The van der Waals surface area contributed by atoms with Crippen molar-refractivity contribution >= 4 is 50.7 Å². The summed E-state index contributed by atoms with van der Waals surface area (Å²) in [4.78, 5) is 29.4. The van der Waals surface area contributed by atoms with Gasteiger partial charge in [-0.25, -0.2) is 12.8 Å². The number of aryl methyl sites for hydroxylation is 1. The zero-order chi connectivity index (χ0) is 32.7. The number of sulfonamides is 1. The Morgan fingerprint density at radius 3 is 2.11 bits per heavy atom. The van der Waals surface area contributed by atoms with Crippen molar-refractivity contribution in [1.29, 1.82) is 0 Å². The van der Waals surface area contributed by atoms with Crippen LogP contribution in [-0.4, -0.2) is 43.8 Å². The quantitative estimate of drug-likeness (QED) is 0.180. The summed E-state index contributed by atoms with van der Waals surface area (Å²) in [5, 5.41) is 2.95. The summed E-state index contributed by atoms with van der Waals surface area (Å²) in [5.74, 6) is -1.55. The van der Waals surface area contributed by atoms with Crippen LogP contribution in [-0.2, 0) is 32.6 Å². The number of halogens is 3. The summed E-state index contributed by atoms with van der Waals surface area (Å²) in [6.45, 7) is 4.65. The van der Waals surface area contributed by atoms with Crippen molar-refractivity contribution in [2.75, 3.05) is 10.8 Å². The number of hydrogen-bond donors (Lipinski definition) is 1. The summed E-state index contributed by atoms with van der Waals surface area (Å²) in [5.41, 5.74) is 2.20. The van der Waals surface area contributed by atoms with Crippen LogP contribution in [0.2, 0.25) is 10.0 Å². The topological polar surface area (TPSA) is 86.8 Å². The minimum atomic E-state index is -4.35. The van der Waals surface area contributed by atoms with Crippen LogP contribution in [0.25, 0.3) is 0 Å². The molecular weight excluding hydrogens is 636 g/mol. The molecule has 4 aromatic carbocycles. The van der Waals surface area contributed by atoms with E-state index < -0.39 is 40.2 Å². The van der Waals surface area contributed by atoms with E-state index in [-0.39, 0.29) is 39.6 Å². The first-order valence-electron chi connectivity index (χ1n) is 14.3. The molecule has 7 nitrogen and oxygen atoms in total. The van der Waals surface area contributed by atoms with Crippen LogP contribution >= 0.6 is 23.2 Å². The lowest BCUT2D eigenvalue weighted by Crippen LogP contribution is -2.54. The Morgan fingerprint density at radius 1 is 0.844 bits per heavy atom. The lowest BCUT2D eigenvalue weighted by Gasteiger charge is -2.34. The number of hydrogen-bond acceptors (Lipinski definition) is 4. The summed E-state index contributed by atoms with van der Waals surface area (Å²) < 4.78 is 43.0. The van der Waals surface area contributed by atoms with Gasteiger partial charge in [0.05, 0.1) is 20.6 Å². The van der Waals surface area contributed by atoms with Gasteiger partial charge in [-0.2, -0.15) is 0 Å². The predicted octanol–water partition coefficient (Wildman–Crippen LogP) is 6.80. The Hall–Kier alpha value is -3.92. The van der Waals surface area contributed by atoms with Gasteiger partial charge < -0.3 is 10.2 Å². The van der Waals surface area contributed by atoms with E-state index in [4.69, 9.17) is 23.2 Å². The molecule has 236 valence electrons. The molecule has 11 heteroatoms. The molecule has 2 amide bonds. The number of nitrogens with zero attached hydrogens (tertiary/aromatic N) is 2. The molecule has 0 aromatic heterocycles. The van der Waals surface area contributed by atoms with Crippen molar-refractivity contribution < 1.29 is 22.4 Å². The highest BCUT2D eigenvalue weighted by atomic mass is 35.5. The molecule has 0 saturated heterocycles. The van der Waals surface area contributed by atoms with Crippen molar-refractivity contribution in [1.82, 2.24) is 10.2 Å².